The summed E-state index contributed by atoms with van der Waals surface area (Å²) in [4.78, 5) is 15.9. The Morgan fingerprint density at radius 3 is 2.48 bits per heavy atom. The zero-order valence-electron chi connectivity index (χ0n) is 19.4. The van der Waals surface area contributed by atoms with E-state index in [1.807, 2.05) is 6.92 Å². The predicted molar refractivity (Wildman–Crippen MR) is 122 cm³/mol. The Kier molecular flexibility index (Phi) is 11.7. The SMILES string of the molecule is CCO/N=C1/C[C@H](O)[C@H](CCCCCCC(=O)O)[C@H]1CC[C@@H](O)CCc1cc(F)cc(F)c1. The first-order valence-corrected chi connectivity index (χ1v) is 12.0. The lowest BCUT2D eigenvalue weighted by Gasteiger charge is -2.23. The molecule has 0 bridgehead atoms. The van der Waals surface area contributed by atoms with Crippen molar-refractivity contribution < 1.29 is 33.7 Å². The first-order valence-electron chi connectivity index (χ1n) is 12.0. The van der Waals surface area contributed by atoms with Gasteiger partial charge in [0.2, 0.25) is 0 Å². The van der Waals surface area contributed by atoms with Crippen molar-refractivity contribution in [3.8, 4) is 0 Å². The average Bonchev–Trinajstić information content (AvgIpc) is 3.05. The lowest BCUT2D eigenvalue weighted by Crippen LogP contribution is -2.22. The van der Waals surface area contributed by atoms with E-state index in [9.17, 15) is 23.8 Å². The number of aliphatic carboxylic acids is 1. The highest BCUT2D eigenvalue weighted by molar-refractivity contribution is 5.89. The van der Waals surface area contributed by atoms with Gasteiger partial charge >= 0.3 is 5.97 Å². The van der Waals surface area contributed by atoms with Gasteiger partial charge in [-0.05, 0) is 69.1 Å². The topological polar surface area (TPSA) is 99.4 Å². The van der Waals surface area contributed by atoms with Crippen molar-refractivity contribution in [2.24, 2.45) is 17.0 Å². The highest BCUT2D eigenvalue weighted by Gasteiger charge is 2.39. The van der Waals surface area contributed by atoms with E-state index in [1.165, 1.54) is 12.1 Å². The van der Waals surface area contributed by atoms with Crippen LogP contribution in [0.15, 0.2) is 23.4 Å². The number of aliphatic hydroxyl groups excluding tert-OH is 2. The van der Waals surface area contributed by atoms with E-state index >= 15 is 0 Å². The molecule has 0 amide bonds. The van der Waals surface area contributed by atoms with E-state index in [0.29, 0.717) is 50.7 Å². The molecule has 1 fully saturated rings. The third-order valence-electron chi connectivity index (χ3n) is 6.35. The van der Waals surface area contributed by atoms with Crippen LogP contribution in [0.1, 0.15) is 76.7 Å². The molecular formula is C25H37F2NO5. The van der Waals surface area contributed by atoms with Gasteiger partial charge in [-0.15, -0.1) is 0 Å². The summed E-state index contributed by atoms with van der Waals surface area (Å²) in [5.74, 6) is -2.00. The van der Waals surface area contributed by atoms with Crippen LogP contribution in [0.5, 0.6) is 0 Å². The van der Waals surface area contributed by atoms with Crippen LogP contribution in [0.25, 0.3) is 0 Å². The van der Waals surface area contributed by atoms with Crippen molar-refractivity contribution in [3.63, 3.8) is 0 Å². The number of oxime groups is 1. The van der Waals surface area contributed by atoms with Gasteiger partial charge in [0.1, 0.15) is 18.2 Å². The first kappa shape index (κ1) is 27.2. The standard InChI is InChI=1S/C25H37F2NO5/c1-2-33-28-23-16-24(30)22(7-5-3-4-6-8-25(31)32)21(23)12-11-20(29)10-9-17-13-18(26)15-19(27)14-17/h13-15,20-22,24,29-30H,2-12,16H2,1H3,(H,31,32)/b28-23-/t20-,21+,22+,24-/m0/s1. The summed E-state index contributed by atoms with van der Waals surface area (Å²) in [6.07, 6.45) is 5.52. The summed E-state index contributed by atoms with van der Waals surface area (Å²) >= 11 is 0. The molecule has 0 aliphatic heterocycles. The average molecular weight is 470 g/mol. The maximum Gasteiger partial charge on any atom is 0.303 e. The van der Waals surface area contributed by atoms with E-state index in [0.717, 1.165) is 37.5 Å². The van der Waals surface area contributed by atoms with Crippen LogP contribution in [0.2, 0.25) is 0 Å². The summed E-state index contributed by atoms with van der Waals surface area (Å²) in [6.45, 7) is 2.28. The fraction of sp³-hybridized carbons (Fsp3) is 0.680. The smallest absolute Gasteiger partial charge is 0.303 e. The van der Waals surface area contributed by atoms with Gasteiger partial charge in [-0.1, -0.05) is 24.4 Å². The molecular weight excluding hydrogens is 432 g/mol. The number of carboxylic acids is 1. The largest absolute Gasteiger partial charge is 0.481 e. The normalized spacial score (nSPS) is 22.6. The molecule has 33 heavy (non-hydrogen) atoms. The summed E-state index contributed by atoms with van der Waals surface area (Å²) in [7, 11) is 0. The summed E-state index contributed by atoms with van der Waals surface area (Å²) in [5.41, 5.74) is 1.34. The Balaban J connectivity index is 1.87. The van der Waals surface area contributed by atoms with Gasteiger partial charge in [-0.3, -0.25) is 4.79 Å². The molecule has 2 rings (SSSR count). The Hall–Kier alpha value is -2.06. The fourth-order valence-corrected chi connectivity index (χ4v) is 4.67. The predicted octanol–water partition coefficient (Wildman–Crippen LogP) is 4.85. The third-order valence-corrected chi connectivity index (χ3v) is 6.35. The number of hydrogen-bond acceptors (Lipinski definition) is 5. The van der Waals surface area contributed by atoms with Gasteiger partial charge in [-0.25, -0.2) is 8.78 Å². The molecule has 0 spiro atoms. The zero-order valence-corrected chi connectivity index (χ0v) is 19.4. The Morgan fingerprint density at radius 1 is 1.12 bits per heavy atom. The van der Waals surface area contributed by atoms with E-state index < -0.39 is 29.8 Å². The maximum absolute atomic E-state index is 13.4. The molecule has 1 saturated carbocycles. The van der Waals surface area contributed by atoms with E-state index in [4.69, 9.17) is 9.94 Å². The van der Waals surface area contributed by atoms with Crippen LogP contribution >= 0.6 is 0 Å². The number of halogens is 2. The molecule has 1 aromatic carbocycles. The molecule has 0 radical (unpaired) electrons. The second-order valence-electron chi connectivity index (χ2n) is 8.94. The van der Waals surface area contributed by atoms with E-state index in [-0.39, 0.29) is 18.3 Å². The van der Waals surface area contributed by atoms with Crippen molar-refractivity contribution in [3.05, 3.63) is 35.4 Å². The Labute approximate surface area is 194 Å². The number of nitrogens with zero attached hydrogens (tertiary/aromatic N) is 1. The molecule has 8 heteroatoms. The molecule has 4 atom stereocenters. The van der Waals surface area contributed by atoms with Gasteiger partial charge in [0.15, 0.2) is 0 Å². The molecule has 0 saturated heterocycles. The summed E-state index contributed by atoms with van der Waals surface area (Å²) < 4.78 is 26.7. The van der Waals surface area contributed by atoms with Crippen molar-refractivity contribution in [2.75, 3.05) is 6.61 Å². The number of aliphatic hydroxyl groups is 2. The van der Waals surface area contributed by atoms with Gasteiger partial charge in [-0.2, -0.15) is 0 Å². The number of carboxylic acid groups (broad SMARTS) is 1. The van der Waals surface area contributed by atoms with Crippen LogP contribution in [0.4, 0.5) is 8.78 Å². The zero-order chi connectivity index (χ0) is 24.2. The number of carbonyl (C=O) groups is 1. The molecule has 0 aromatic heterocycles. The quantitative estimate of drug-likeness (QED) is 0.252. The van der Waals surface area contributed by atoms with Crippen LogP contribution in [-0.2, 0) is 16.1 Å². The molecule has 1 aliphatic carbocycles. The minimum Gasteiger partial charge on any atom is -0.481 e. The number of unbranched alkanes of at least 4 members (excludes halogenated alkanes) is 3. The molecule has 6 nitrogen and oxygen atoms in total. The summed E-state index contributed by atoms with van der Waals surface area (Å²) in [5, 5.41) is 34.0. The lowest BCUT2D eigenvalue weighted by molar-refractivity contribution is -0.137. The number of benzene rings is 1. The van der Waals surface area contributed by atoms with Gasteiger partial charge < -0.3 is 20.2 Å². The Morgan fingerprint density at radius 2 is 1.82 bits per heavy atom. The molecule has 0 unspecified atom stereocenters. The van der Waals surface area contributed by atoms with Crippen molar-refractivity contribution in [1.82, 2.24) is 0 Å². The van der Waals surface area contributed by atoms with Crippen LogP contribution in [0.3, 0.4) is 0 Å². The second kappa shape index (κ2) is 14.3. The highest BCUT2D eigenvalue weighted by atomic mass is 19.1. The van der Waals surface area contributed by atoms with Gasteiger partial charge in [0.25, 0.3) is 0 Å². The van der Waals surface area contributed by atoms with Crippen LogP contribution < -0.4 is 0 Å². The van der Waals surface area contributed by atoms with Gasteiger partial charge in [0, 0.05) is 24.8 Å². The fourth-order valence-electron chi connectivity index (χ4n) is 4.67. The van der Waals surface area contributed by atoms with Gasteiger partial charge in [0.05, 0.1) is 17.9 Å². The maximum atomic E-state index is 13.4. The van der Waals surface area contributed by atoms with Crippen LogP contribution in [-0.4, -0.2) is 45.8 Å². The van der Waals surface area contributed by atoms with Crippen LogP contribution in [0, 0.1) is 23.5 Å². The van der Waals surface area contributed by atoms with E-state index in [1.54, 1.807) is 0 Å². The Bertz CT molecular complexity index is 753. The second-order valence-corrected chi connectivity index (χ2v) is 8.94. The highest BCUT2D eigenvalue weighted by Crippen LogP contribution is 2.37. The third kappa shape index (κ3) is 9.76. The molecule has 1 aromatic rings. The summed E-state index contributed by atoms with van der Waals surface area (Å²) in [6, 6.07) is 3.39. The number of hydrogen-bond donors (Lipinski definition) is 3. The molecule has 1 aliphatic rings. The minimum atomic E-state index is -0.779. The van der Waals surface area contributed by atoms with Crippen molar-refractivity contribution in [2.45, 2.75) is 89.8 Å². The molecule has 186 valence electrons. The minimum absolute atomic E-state index is 0.00633. The molecule has 3 N–H and O–H groups in total. The molecule has 0 heterocycles. The van der Waals surface area contributed by atoms with Crippen molar-refractivity contribution >= 4 is 11.7 Å². The van der Waals surface area contributed by atoms with E-state index in [2.05, 4.69) is 5.16 Å². The first-order chi connectivity index (χ1) is 15.8. The van der Waals surface area contributed by atoms with Crippen molar-refractivity contribution in [1.29, 1.82) is 0 Å². The number of rotatable bonds is 15. The lowest BCUT2D eigenvalue weighted by atomic mass is 9.84. The monoisotopic (exact) mass is 469 g/mol. The number of aryl methyl sites for hydroxylation is 1.